The Morgan fingerprint density at radius 3 is 2.75 bits per heavy atom. The summed E-state index contributed by atoms with van der Waals surface area (Å²) in [5, 5.41) is 0. The van der Waals surface area contributed by atoms with Crippen molar-refractivity contribution in [2.75, 3.05) is 6.54 Å². The Hall–Kier alpha value is -1.55. The molecule has 1 aliphatic heterocycles. The smallest absolute Gasteiger partial charge is 0.227 e. The van der Waals surface area contributed by atoms with Gasteiger partial charge in [0.15, 0.2) is 0 Å². The predicted molar refractivity (Wildman–Crippen MR) is 82.4 cm³/mol. The van der Waals surface area contributed by atoms with E-state index in [1.54, 1.807) is 0 Å². The molecule has 1 aliphatic rings. The summed E-state index contributed by atoms with van der Waals surface area (Å²) in [5.74, 6) is 0.201. The van der Waals surface area contributed by atoms with Gasteiger partial charge in [0.2, 0.25) is 5.91 Å². The highest BCUT2D eigenvalue weighted by atomic mass is 79.9. The van der Waals surface area contributed by atoms with E-state index in [-0.39, 0.29) is 11.9 Å². The third-order valence-electron chi connectivity index (χ3n) is 3.93. The maximum absolute atomic E-state index is 12.5. The number of rotatable bonds is 2. The van der Waals surface area contributed by atoms with Crippen LogP contribution in [0.5, 0.6) is 0 Å². The monoisotopic (exact) mass is 332 g/mol. The molecule has 104 valence electrons. The maximum atomic E-state index is 12.5. The third kappa shape index (κ3) is 2.52. The molecule has 1 amide bonds. The minimum Gasteiger partial charge on any atom is -0.348 e. The first-order valence-corrected chi connectivity index (χ1v) is 7.63. The van der Waals surface area contributed by atoms with Crippen molar-refractivity contribution >= 4 is 21.8 Å². The van der Waals surface area contributed by atoms with Crippen LogP contribution in [-0.2, 0) is 17.8 Å². The molecule has 20 heavy (non-hydrogen) atoms. The fourth-order valence-corrected chi connectivity index (χ4v) is 3.06. The molecule has 3 nitrogen and oxygen atoms in total. The van der Waals surface area contributed by atoms with E-state index in [1.807, 2.05) is 29.2 Å². The summed E-state index contributed by atoms with van der Waals surface area (Å²) in [6.45, 7) is 3.78. The Bertz CT molecular complexity index is 618. The normalized spacial score (nSPS) is 17.9. The quantitative estimate of drug-likeness (QED) is 0.827. The lowest BCUT2D eigenvalue weighted by molar-refractivity contribution is -0.133. The van der Waals surface area contributed by atoms with Crippen molar-refractivity contribution in [1.82, 2.24) is 9.47 Å². The average Bonchev–Trinajstić information content (AvgIpc) is 2.91. The van der Waals surface area contributed by atoms with E-state index < -0.39 is 0 Å². The SMILES string of the molecule is C[C@H]1c2cccn2CCN1C(=O)Cc1ccc(Br)cc1. The van der Waals surface area contributed by atoms with Gasteiger partial charge in [-0.05, 0) is 36.8 Å². The number of halogens is 1. The lowest BCUT2D eigenvalue weighted by Crippen LogP contribution is -2.41. The van der Waals surface area contributed by atoms with Gasteiger partial charge in [-0.2, -0.15) is 0 Å². The van der Waals surface area contributed by atoms with Crippen molar-refractivity contribution in [3.8, 4) is 0 Å². The minimum absolute atomic E-state index is 0.154. The Morgan fingerprint density at radius 2 is 2.00 bits per heavy atom. The third-order valence-corrected chi connectivity index (χ3v) is 4.46. The number of nitrogens with zero attached hydrogens (tertiary/aromatic N) is 2. The Kier molecular flexibility index (Phi) is 3.66. The lowest BCUT2D eigenvalue weighted by Gasteiger charge is -2.35. The van der Waals surface area contributed by atoms with Crippen molar-refractivity contribution in [2.24, 2.45) is 0 Å². The second-order valence-electron chi connectivity index (χ2n) is 5.19. The van der Waals surface area contributed by atoms with E-state index in [9.17, 15) is 4.79 Å². The molecule has 2 heterocycles. The Balaban J connectivity index is 1.73. The van der Waals surface area contributed by atoms with Crippen LogP contribution in [0.15, 0.2) is 47.1 Å². The zero-order valence-electron chi connectivity index (χ0n) is 11.4. The molecule has 4 heteroatoms. The summed E-state index contributed by atoms with van der Waals surface area (Å²) >= 11 is 3.41. The molecule has 0 bridgehead atoms. The van der Waals surface area contributed by atoms with Crippen LogP contribution in [0.2, 0.25) is 0 Å². The van der Waals surface area contributed by atoms with E-state index >= 15 is 0 Å². The number of amides is 1. The van der Waals surface area contributed by atoms with Crippen LogP contribution >= 0.6 is 15.9 Å². The van der Waals surface area contributed by atoms with Gasteiger partial charge < -0.3 is 9.47 Å². The summed E-state index contributed by atoms with van der Waals surface area (Å²) in [5.41, 5.74) is 2.28. The van der Waals surface area contributed by atoms with Crippen LogP contribution in [0, 0.1) is 0 Å². The molecule has 0 fully saturated rings. The second kappa shape index (κ2) is 5.44. The van der Waals surface area contributed by atoms with Gasteiger partial charge >= 0.3 is 0 Å². The second-order valence-corrected chi connectivity index (χ2v) is 6.11. The van der Waals surface area contributed by atoms with Crippen LogP contribution in [0.4, 0.5) is 0 Å². The fourth-order valence-electron chi connectivity index (χ4n) is 2.80. The topological polar surface area (TPSA) is 25.2 Å². The molecule has 1 aromatic heterocycles. The van der Waals surface area contributed by atoms with Crippen molar-refractivity contribution in [3.05, 3.63) is 58.3 Å². The van der Waals surface area contributed by atoms with Crippen LogP contribution in [0.1, 0.15) is 24.2 Å². The van der Waals surface area contributed by atoms with Crippen molar-refractivity contribution in [1.29, 1.82) is 0 Å². The average molecular weight is 333 g/mol. The van der Waals surface area contributed by atoms with E-state index in [1.165, 1.54) is 5.69 Å². The van der Waals surface area contributed by atoms with Gasteiger partial charge in [0.1, 0.15) is 0 Å². The number of hydrogen-bond donors (Lipinski definition) is 0. The molecule has 0 saturated heterocycles. The zero-order chi connectivity index (χ0) is 14.1. The predicted octanol–water partition coefficient (Wildman–Crippen LogP) is 3.40. The van der Waals surface area contributed by atoms with E-state index in [0.717, 1.165) is 23.1 Å². The molecule has 0 unspecified atom stereocenters. The molecular weight excluding hydrogens is 316 g/mol. The maximum Gasteiger partial charge on any atom is 0.227 e. The van der Waals surface area contributed by atoms with Gasteiger partial charge in [-0.15, -0.1) is 0 Å². The molecule has 0 spiro atoms. The number of carbonyl (C=O) groups excluding carboxylic acids is 1. The molecule has 1 aromatic carbocycles. The van der Waals surface area contributed by atoms with Gasteiger partial charge in [0.05, 0.1) is 12.5 Å². The van der Waals surface area contributed by atoms with Gasteiger partial charge in [-0.3, -0.25) is 4.79 Å². The molecule has 0 radical (unpaired) electrons. The lowest BCUT2D eigenvalue weighted by atomic mass is 10.1. The van der Waals surface area contributed by atoms with Crippen LogP contribution in [0.3, 0.4) is 0 Å². The minimum atomic E-state index is 0.154. The standard InChI is InChI=1S/C16H17BrN2O/c1-12-15-3-2-8-18(15)9-10-19(12)16(20)11-13-4-6-14(17)7-5-13/h2-8,12H,9-11H2,1H3/t12-/m0/s1. The molecule has 1 atom stereocenters. The van der Waals surface area contributed by atoms with Crippen molar-refractivity contribution < 1.29 is 4.79 Å². The van der Waals surface area contributed by atoms with Crippen LogP contribution in [-0.4, -0.2) is 21.9 Å². The molecule has 2 aromatic rings. The number of hydrogen-bond acceptors (Lipinski definition) is 1. The Morgan fingerprint density at radius 1 is 1.25 bits per heavy atom. The first kappa shape index (κ1) is 13.4. The molecule has 3 rings (SSSR count). The van der Waals surface area contributed by atoms with Crippen molar-refractivity contribution in [2.45, 2.75) is 25.9 Å². The van der Waals surface area contributed by atoms with Gasteiger partial charge in [0, 0.05) is 29.5 Å². The van der Waals surface area contributed by atoms with Crippen molar-refractivity contribution in [3.63, 3.8) is 0 Å². The first-order valence-electron chi connectivity index (χ1n) is 6.84. The Labute approximate surface area is 127 Å². The highest BCUT2D eigenvalue weighted by Crippen LogP contribution is 2.26. The van der Waals surface area contributed by atoms with E-state index in [0.29, 0.717) is 6.42 Å². The summed E-state index contributed by atoms with van der Waals surface area (Å²) < 4.78 is 3.27. The molecular formula is C16H17BrN2O. The summed E-state index contributed by atoms with van der Waals surface area (Å²) in [7, 11) is 0. The van der Waals surface area contributed by atoms with Crippen LogP contribution in [0.25, 0.3) is 0 Å². The van der Waals surface area contributed by atoms with Gasteiger partial charge in [0.25, 0.3) is 0 Å². The number of aromatic nitrogens is 1. The summed E-state index contributed by atoms with van der Waals surface area (Å²) in [6, 6.07) is 12.3. The number of carbonyl (C=O) groups is 1. The zero-order valence-corrected chi connectivity index (χ0v) is 13.0. The largest absolute Gasteiger partial charge is 0.348 e. The summed E-state index contributed by atoms with van der Waals surface area (Å²) in [6.07, 6.45) is 2.56. The highest BCUT2D eigenvalue weighted by molar-refractivity contribution is 9.10. The van der Waals surface area contributed by atoms with E-state index in [4.69, 9.17) is 0 Å². The fraction of sp³-hybridized carbons (Fsp3) is 0.312. The molecule has 0 N–H and O–H groups in total. The summed E-state index contributed by atoms with van der Waals surface area (Å²) in [4.78, 5) is 14.5. The van der Waals surface area contributed by atoms with Gasteiger partial charge in [-0.1, -0.05) is 28.1 Å². The number of benzene rings is 1. The highest BCUT2D eigenvalue weighted by Gasteiger charge is 2.27. The first-order chi connectivity index (χ1) is 9.65. The molecule has 0 aliphatic carbocycles. The van der Waals surface area contributed by atoms with E-state index in [2.05, 4.69) is 45.8 Å². The number of fused-ring (bicyclic) bond motifs is 1. The van der Waals surface area contributed by atoms with Crippen LogP contribution < -0.4 is 0 Å². The molecule has 0 saturated carbocycles. The van der Waals surface area contributed by atoms with Gasteiger partial charge in [-0.25, -0.2) is 0 Å².